The Morgan fingerprint density at radius 2 is 1.57 bits per heavy atom. The summed E-state index contributed by atoms with van der Waals surface area (Å²) in [7, 11) is 2.90. The van der Waals surface area contributed by atoms with E-state index < -0.39 is 17.8 Å². The van der Waals surface area contributed by atoms with Gasteiger partial charge in [0, 0.05) is 18.2 Å². The molecule has 0 saturated heterocycles. The molecule has 0 aliphatic heterocycles. The van der Waals surface area contributed by atoms with Gasteiger partial charge >= 0.3 is 12.3 Å². The molecular formula is C29H29F3N4O4. The summed E-state index contributed by atoms with van der Waals surface area (Å²) >= 11 is 0. The van der Waals surface area contributed by atoms with Crippen LogP contribution in [0, 0.1) is 0 Å². The van der Waals surface area contributed by atoms with Gasteiger partial charge in [0.1, 0.15) is 23.8 Å². The Kier molecular flexibility index (Phi) is 10.4. The molecule has 8 nitrogen and oxygen atoms in total. The van der Waals surface area contributed by atoms with Crippen molar-refractivity contribution >= 4 is 29.4 Å². The number of oxime groups is 1. The fourth-order valence-electron chi connectivity index (χ4n) is 3.51. The second-order valence-corrected chi connectivity index (χ2v) is 8.24. The first kappa shape index (κ1) is 29.9. The molecule has 0 radical (unpaired) electrons. The second-order valence-electron chi connectivity index (χ2n) is 8.24. The van der Waals surface area contributed by atoms with Gasteiger partial charge in [0.05, 0.1) is 30.3 Å². The lowest BCUT2D eigenvalue weighted by molar-refractivity contribution is -0.137. The minimum atomic E-state index is -4.41. The molecule has 0 aliphatic rings. The van der Waals surface area contributed by atoms with Gasteiger partial charge in [-0.05, 0) is 67.9 Å². The summed E-state index contributed by atoms with van der Waals surface area (Å²) in [6, 6.07) is 18.5. The van der Waals surface area contributed by atoms with Crippen molar-refractivity contribution < 1.29 is 32.3 Å². The summed E-state index contributed by atoms with van der Waals surface area (Å²) in [4.78, 5) is 18.7. The van der Waals surface area contributed by atoms with Gasteiger partial charge in [-0.2, -0.15) is 23.4 Å². The molecule has 0 heterocycles. The molecule has 210 valence electrons. The first-order valence-corrected chi connectivity index (χ1v) is 12.3. The standard InChI is InChI=1S/C29H29F3N4O4/c1-5-25(34-33-19-21-9-7-8-10-26(21)36(3)28(37)38-4)27(35-39-6-2)20-11-15-23(16-12-20)40-24-17-13-22(14-18-24)29(30,31)32/h7-19H,5-6H2,1-4H3/b33-19+,34-25+,35-27-. The zero-order valence-corrected chi connectivity index (χ0v) is 22.5. The number of anilines is 1. The van der Waals surface area contributed by atoms with Crippen molar-refractivity contribution in [1.29, 1.82) is 0 Å². The fourth-order valence-corrected chi connectivity index (χ4v) is 3.51. The van der Waals surface area contributed by atoms with Crippen LogP contribution >= 0.6 is 0 Å². The van der Waals surface area contributed by atoms with Gasteiger partial charge in [-0.1, -0.05) is 30.3 Å². The first-order chi connectivity index (χ1) is 19.2. The molecule has 0 fully saturated rings. The fraction of sp³-hybridized carbons (Fsp3) is 0.241. The molecule has 40 heavy (non-hydrogen) atoms. The minimum Gasteiger partial charge on any atom is -0.457 e. The van der Waals surface area contributed by atoms with Gasteiger partial charge in [0.2, 0.25) is 0 Å². The van der Waals surface area contributed by atoms with Crippen molar-refractivity contribution in [2.24, 2.45) is 15.4 Å². The number of hydrogen-bond acceptors (Lipinski definition) is 7. The topological polar surface area (TPSA) is 85.1 Å². The third-order valence-corrected chi connectivity index (χ3v) is 5.56. The third kappa shape index (κ3) is 7.92. The van der Waals surface area contributed by atoms with Crippen molar-refractivity contribution in [3.05, 3.63) is 89.5 Å². The van der Waals surface area contributed by atoms with Crippen molar-refractivity contribution in [1.82, 2.24) is 0 Å². The number of para-hydroxylation sites is 1. The van der Waals surface area contributed by atoms with E-state index in [1.165, 1.54) is 30.4 Å². The van der Waals surface area contributed by atoms with Gasteiger partial charge in [-0.15, -0.1) is 0 Å². The van der Waals surface area contributed by atoms with Crippen LogP contribution < -0.4 is 9.64 Å². The van der Waals surface area contributed by atoms with Crippen molar-refractivity contribution in [3.63, 3.8) is 0 Å². The van der Waals surface area contributed by atoms with Gasteiger partial charge in [-0.3, -0.25) is 4.90 Å². The maximum Gasteiger partial charge on any atom is 0.416 e. The Morgan fingerprint density at radius 3 is 2.15 bits per heavy atom. The molecule has 3 aromatic rings. The Balaban J connectivity index is 1.83. The summed E-state index contributed by atoms with van der Waals surface area (Å²) in [5, 5.41) is 12.8. The number of rotatable bonds is 10. The molecular weight excluding hydrogens is 525 g/mol. The number of alkyl halides is 3. The number of halogens is 3. The van der Waals surface area contributed by atoms with E-state index in [2.05, 4.69) is 15.4 Å². The molecule has 3 rings (SSSR count). The van der Waals surface area contributed by atoms with Crippen molar-refractivity contribution in [2.75, 3.05) is 25.7 Å². The van der Waals surface area contributed by atoms with E-state index in [9.17, 15) is 18.0 Å². The SMILES string of the molecule is CCO\N=C(/C(CC)=N/N=C/c1ccccc1N(C)C(=O)OC)c1ccc(Oc2ccc(C(F)(F)F)cc2)cc1. The molecule has 3 aromatic carbocycles. The van der Waals surface area contributed by atoms with E-state index in [1.54, 1.807) is 56.4 Å². The monoisotopic (exact) mass is 554 g/mol. The number of methoxy groups -OCH3 is 1. The molecule has 0 atom stereocenters. The summed E-state index contributed by atoms with van der Waals surface area (Å²) < 4.78 is 48.9. The number of nitrogens with zero attached hydrogens (tertiary/aromatic N) is 4. The third-order valence-electron chi connectivity index (χ3n) is 5.56. The van der Waals surface area contributed by atoms with E-state index in [4.69, 9.17) is 14.3 Å². The van der Waals surface area contributed by atoms with Crippen LogP contribution in [-0.4, -0.2) is 44.5 Å². The zero-order valence-electron chi connectivity index (χ0n) is 22.5. The molecule has 0 aromatic heterocycles. The van der Waals surface area contributed by atoms with Crippen LogP contribution in [0.5, 0.6) is 11.5 Å². The second kappa shape index (κ2) is 13.9. The maximum absolute atomic E-state index is 12.8. The molecule has 0 aliphatic carbocycles. The van der Waals surface area contributed by atoms with E-state index in [0.29, 0.717) is 47.0 Å². The molecule has 0 spiro atoms. The Morgan fingerprint density at radius 1 is 0.950 bits per heavy atom. The highest BCUT2D eigenvalue weighted by atomic mass is 19.4. The summed E-state index contributed by atoms with van der Waals surface area (Å²) in [6.45, 7) is 4.04. The van der Waals surface area contributed by atoms with E-state index in [0.717, 1.165) is 12.1 Å². The summed E-state index contributed by atoms with van der Waals surface area (Å²) in [5.41, 5.74) is 2.18. The summed E-state index contributed by atoms with van der Waals surface area (Å²) in [5.74, 6) is 0.700. The van der Waals surface area contributed by atoms with Crippen LogP contribution in [-0.2, 0) is 15.8 Å². The van der Waals surface area contributed by atoms with Crippen LogP contribution in [0.2, 0.25) is 0 Å². The zero-order chi connectivity index (χ0) is 29.1. The van der Waals surface area contributed by atoms with Crippen LogP contribution in [0.3, 0.4) is 0 Å². The molecule has 0 unspecified atom stereocenters. The number of ether oxygens (including phenoxy) is 2. The predicted molar refractivity (Wildman–Crippen MR) is 149 cm³/mol. The lowest BCUT2D eigenvalue weighted by atomic mass is 10.0. The van der Waals surface area contributed by atoms with Gasteiger partial charge in [-0.25, -0.2) is 4.79 Å². The Hall–Kier alpha value is -4.67. The van der Waals surface area contributed by atoms with E-state index >= 15 is 0 Å². The first-order valence-electron chi connectivity index (χ1n) is 12.3. The number of amides is 1. The van der Waals surface area contributed by atoms with Crippen LogP contribution in [0.15, 0.2) is 88.2 Å². The molecule has 0 saturated carbocycles. The van der Waals surface area contributed by atoms with Crippen molar-refractivity contribution in [2.45, 2.75) is 26.4 Å². The van der Waals surface area contributed by atoms with Crippen LogP contribution in [0.1, 0.15) is 37.0 Å². The lowest BCUT2D eigenvalue weighted by Gasteiger charge is -2.17. The van der Waals surface area contributed by atoms with E-state index in [-0.39, 0.29) is 5.75 Å². The van der Waals surface area contributed by atoms with Crippen LogP contribution in [0.25, 0.3) is 0 Å². The molecule has 11 heteroatoms. The highest BCUT2D eigenvalue weighted by molar-refractivity contribution is 6.48. The highest BCUT2D eigenvalue weighted by Crippen LogP contribution is 2.31. The van der Waals surface area contributed by atoms with Crippen LogP contribution in [0.4, 0.5) is 23.7 Å². The Labute approximate surface area is 230 Å². The average Bonchev–Trinajstić information content (AvgIpc) is 2.96. The number of hydrogen-bond donors (Lipinski definition) is 0. The Bertz CT molecular complexity index is 1370. The van der Waals surface area contributed by atoms with Gasteiger partial charge in [0.15, 0.2) is 0 Å². The van der Waals surface area contributed by atoms with E-state index in [1.807, 2.05) is 13.0 Å². The predicted octanol–water partition coefficient (Wildman–Crippen LogP) is 7.33. The minimum absolute atomic E-state index is 0.271. The normalized spacial score (nSPS) is 12.4. The largest absolute Gasteiger partial charge is 0.457 e. The number of carbonyl (C=O) groups is 1. The quantitative estimate of drug-likeness (QED) is 0.194. The number of carbonyl (C=O) groups excluding carboxylic acids is 1. The summed E-state index contributed by atoms with van der Waals surface area (Å²) in [6.07, 6.45) is -2.92. The van der Waals surface area contributed by atoms with Gasteiger partial charge in [0.25, 0.3) is 0 Å². The number of benzene rings is 3. The molecule has 0 bridgehead atoms. The molecule has 0 N–H and O–H groups in total. The maximum atomic E-state index is 12.8. The smallest absolute Gasteiger partial charge is 0.416 e. The highest BCUT2D eigenvalue weighted by Gasteiger charge is 2.30. The average molecular weight is 555 g/mol. The van der Waals surface area contributed by atoms with Gasteiger partial charge < -0.3 is 14.3 Å². The lowest BCUT2D eigenvalue weighted by Crippen LogP contribution is -2.26. The molecule has 1 amide bonds. The van der Waals surface area contributed by atoms with Crippen molar-refractivity contribution in [3.8, 4) is 11.5 Å².